The molecule has 1 aliphatic rings. The second-order valence-corrected chi connectivity index (χ2v) is 4.96. The van der Waals surface area contributed by atoms with Gasteiger partial charge in [0.1, 0.15) is 16.9 Å². The molecule has 1 atom stereocenters. The Hall–Kier alpha value is -1.62. The highest BCUT2D eigenvalue weighted by molar-refractivity contribution is 6.29. The summed E-state index contributed by atoms with van der Waals surface area (Å²) in [7, 11) is 0. The number of nitrogens with one attached hydrogen (secondary N) is 1. The molecule has 1 saturated heterocycles. The average Bonchev–Trinajstić information content (AvgIpc) is 2.91. The van der Waals surface area contributed by atoms with Crippen LogP contribution in [-0.4, -0.2) is 40.8 Å². The normalized spacial score (nSPS) is 16.2. The summed E-state index contributed by atoms with van der Waals surface area (Å²) in [5, 5.41) is 2.90. The van der Waals surface area contributed by atoms with Gasteiger partial charge in [-0.3, -0.25) is 9.59 Å². The largest absolute Gasteiger partial charge is 0.341 e. The molecule has 0 bridgehead atoms. The van der Waals surface area contributed by atoms with E-state index in [-0.39, 0.29) is 22.7 Å². The van der Waals surface area contributed by atoms with E-state index in [0.717, 1.165) is 25.9 Å². The Bertz CT molecular complexity index is 487. The Morgan fingerprint density at radius 1 is 1.37 bits per heavy atom. The molecule has 102 valence electrons. The second kappa shape index (κ2) is 6.02. The molecule has 0 radical (unpaired) electrons. The van der Waals surface area contributed by atoms with E-state index in [4.69, 9.17) is 11.6 Å². The van der Waals surface area contributed by atoms with Gasteiger partial charge in [-0.25, -0.2) is 4.98 Å². The summed E-state index contributed by atoms with van der Waals surface area (Å²) in [6, 6.07) is 4.26. The third-order valence-electron chi connectivity index (χ3n) is 3.08. The molecule has 0 aliphatic carbocycles. The van der Waals surface area contributed by atoms with Crippen molar-refractivity contribution in [3.8, 4) is 0 Å². The van der Waals surface area contributed by atoms with E-state index in [2.05, 4.69) is 10.3 Å². The molecule has 19 heavy (non-hydrogen) atoms. The van der Waals surface area contributed by atoms with Crippen molar-refractivity contribution in [2.75, 3.05) is 13.1 Å². The number of halogens is 1. The van der Waals surface area contributed by atoms with Crippen molar-refractivity contribution in [1.82, 2.24) is 15.2 Å². The Kier molecular flexibility index (Phi) is 4.37. The number of rotatable bonds is 3. The quantitative estimate of drug-likeness (QED) is 0.854. The molecule has 1 aliphatic heterocycles. The third-order valence-corrected chi connectivity index (χ3v) is 3.29. The van der Waals surface area contributed by atoms with Gasteiger partial charge in [-0.05, 0) is 31.9 Å². The molecule has 0 aromatic carbocycles. The van der Waals surface area contributed by atoms with E-state index in [1.807, 2.05) is 0 Å². The molecule has 6 heteroatoms. The lowest BCUT2D eigenvalue weighted by Gasteiger charge is -2.20. The number of pyridine rings is 1. The van der Waals surface area contributed by atoms with Gasteiger partial charge >= 0.3 is 0 Å². The third kappa shape index (κ3) is 3.44. The van der Waals surface area contributed by atoms with Gasteiger partial charge in [-0.15, -0.1) is 0 Å². The van der Waals surface area contributed by atoms with E-state index in [1.54, 1.807) is 30.0 Å². The topological polar surface area (TPSA) is 62.3 Å². The smallest absolute Gasteiger partial charge is 0.270 e. The fourth-order valence-corrected chi connectivity index (χ4v) is 2.24. The van der Waals surface area contributed by atoms with Crippen molar-refractivity contribution < 1.29 is 9.59 Å². The van der Waals surface area contributed by atoms with Crippen LogP contribution in [0.15, 0.2) is 18.2 Å². The lowest BCUT2D eigenvalue weighted by atomic mass is 10.2. The molecule has 2 rings (SSSR count). The predicted molar refractivity (Wildman–Crippen MR) is 72.0 cm³/mol. The molecule has 1 fully saturated rings. The number of amides is 2. The number of nitrogens with zero attached hydrogens (tertiary/aromatic N) is 2. The summed E-state index contributed by atoms with van der Waals surface area (Å²) in [5.74, 6) is -0.435. The fraction of sp³-hybridized carbons (Fsp3) is 0.462. The van der Waals surface area contributed by atoms with Gasteiger partial charge in [0.2, 0.25) is 5.91 Å². The summed E-state index contributed by atoms with van der Waals surface area (Å²) in [4.78, 5) is 29.7. The highest BCUT2D eigenvalue weighted by Gasteiger charge is 2.24. The number of likely N-dealkylation sites (tertiary alicyclic amines) is 1. The molecule has 2 heterocycles. The van der Waals surface area contributed by atoms with Gasteiger partial charge in [-0.2, -0.15) is 0 Å². The van der Waals surface area contributed by atoms with E-state index in [1.165, 1.54) is 0 Å². The second-order valence-electron chi connectivity index (χ2n) is 4.57. The zero-order valence-corrected chi connectivity index (χ0v) is 11.5. The van der Waals surface area contributed by atoms with E-state index in [9.17, 15) is 9.59 Å². The maximum Gasteiger partial charge on any atom is 0.270 e. The van der Waals surface area contributed by atoms with E-state index < -0.39 is 6.04 Å². The van der Waals surface area contributed by atoms with Crippen LogP contribution in [0.1, 0.15) is 30.3 Å². The van der Waals surface area contributed by atoms with Gasteiger partial charge in [0, 0.05) is 13.1 Å². The van der Waals surface area contributed by atoms with Crippen LogP contribution >= 0.6 is 11.6 Å². The van der Waals surface area contributed by atoms with Gasteiger partial charge in [0.15, 0.2) is 0 Å². The zero-order valence-electron chi connectivity index (χ0n) is 10.7. The number of hydrogen-bond acceptors (Lipinski definition) is 3. The first-order valence-electron chi connectivity index (χ1n) is 6.30. The summed E-state index contributed by atoms with van der Waals surface area (Å²) in [5.41, 5.74) is 0.216. The number of carbonyl (C=O) groups is 2. The van der Waals surface area contributed by atoms with Crippen molar-refractivity contribution >= 4 is 23.4 Å². The maximum atomic E-state index is 12.0. The van der Waals surface area contributed by atoms with Gasteiger partial charge < -0.3 is 10.2 Å². The molecule has 0 spiro atoms. The van der Waals surface area contributed by atoms with Crippen molar-refractivity contribution in [1.29, 1.82) is 0 Å². The molecule has 5 nitrogen and oxygen atoms in total. The number of aromatic nitrogens is 1. The summed E-state index contributed by atoms with van der Waals surface area (Å²) >= 11 is 5.73. The fourth-order valence-electron chi connectivity index (χ4n) is 2.08. The maximum absolute atomic E-state index is 12.0. The molecule has 0 saturated carbocycles. The number of hydrogen-bond donors (Lipinski definition) is 1. The zero-order chi connectivity index (χ0) is 13.8. The lowest BCUT2D eigenvalue weighted by Crippen LogP contribution is -2.46. The highest BCUT2D eigenvalue weighted by Crippen LogP contribution is 2.10. The van der Waals surface area contributed by atoms with Crippen molar-refractivity contribution in [2.24, 2.45) is 0 Å². The first-order chi connectivity index (χ1) is 9.08. The molecular formula is C13H16ClN3O2. The van der Waals surface area contributed by atoms with E-state index >= 15 is 0 Å². The first-order valence-corrected chi connectivity index (χ1v) is 6.68. The van der Waals surface area contributed by atoms with Crippen LogP contribution in [0, 0.1) is 0 Å². The molecular weight excluding hydrogens is 266 g/mol. The molecule has 1 aromatic rings. The first kappa shape index (κ1) is 13.8. The molecule has 1 aromatic heterocycles. The predicted octanol–water partition coefficient (Wildman–Crippen LogP) is 1.48. The summed E-state index contributed by atoms with van der Waals surface area (Å²) < 4.78 is 0. The van der Waals surface area contributed by atoms with Crippen LogP contribution in [-0.2, 0) is 4.79 Å². The average molecular weight is 282 g/mol. The Morgan fingerprint density at radius 3 is 2.68 bits per heavy atom. The minimum atomic E-state index is -0.550. The van der Waals surface area contributed by atoms with Crippen LogP contribution in [0.5, 0.6) is 0 Å². The highest BCUT2D eigenvalue weighted by atomic mass is 35.5. The minimum Gasteiger partial charge on any atom is -0.341 e. The van der Waals surface area contributed by atoms with Crippen LogP contribution in [0.3, 0.4) is 0 Å². The minimum absolute atomic E-state index is 0.0483. The van der Waals surface area contributed by atoms with Crippen LogP contribution in [0.4, 0.5) is 0 Å². The van der Waals surface area contributed by atoms with Crippen LogP contribution < -0.4 is 5.32 Å². The van der Waals surface area contributed by atoms with Crippen LogP contribution in [0.25, 0.3) is 0 Å². The Morgan fingerprint density at radius 2 is 2.05 bits per heavy atom. The van der Waals surface area contributed by atoms with Gasteiger partial charge in [0.25, 0.3) is 5.91 Å². The van der Waals surface area contributed by atoms with Crippen LogP contribution in [0.2, 0.25) is 5.15 Å². The van der Waals surface area contributed by atoms with E-state index in [0.29, 0.717) is 0 Å². The Labute approximate surface area is 117 Å². The van der Waals surface area contributed by atoms with Gasteiger partial charge in [-0.1, -0.05) is 17.7 Å². The van der Waals surface area contributed by atoms with Crippen molar-refractivity contribution in [3.05, 3.63) is 29.0 Å². The SMILES string of the molecule is CC(NC(=O)c1cccc(Cl)n1)C(=O)N1CCCC1. The molecule has 2 amide bonds. The lowest BCUT2D eigenvalue weighted by molar-refractivity contribution is -0.131. The van der Waals surface area contributed by atoms with Crippen molar-refractivity contribution in [3.63, 3.8) is 0 Å². The van der Waals surface area contributed by atoms with Gasteiger partial charge in [0.05, 0.1) is 0 Å². The molecule has 1 unspecified atom stereocenters. The molecule has 1 N–H and O–H groups in total. The standard InChI is InChI=1S/C13H16ClN3O2/c1-9(13(19)17-7-2-3-8-17)15-12(18)10-5-4-6-11(14)16-10/h4-6,9H,2-3,7-8H2,1H3,(H,15,18). The summed E-state index contributed by atoms with van der Waals surface area (Å²) in [6.07, 6.45) is 2.06. The monoisotopic (exact) mass is 281 g/mol. The Balaban J connectivity index is 1.96. The van der Waals surface area contributed by atoms with Crippen molar-refractivity contribution in [2.45, 2.75) is 25.8 Å². The summed E-state index contributed by atoms with van der Waals surface area (Å²) in [6.45, 7) is 3.23. The number of carbonyl (C=O) groups excluding carboxylic acids is 2.